The maximum Gasteiger partial charge on any atom is 0.410 e. The minimum Gasteiger partial charge on any atom is -0.496 e. The molecule has 4 rings (SSSR count). The maximum atomic E-state index is 12.4. The number of hydrogen-bond acceptors (Lipinski definition) is 7. The molecule has 2 fully saturated rings. The van der Waals surface area contributed by atoms with Crippen LogP contribution in [0, 0.1) is 11.8 Å². The highest BCUT2D eigenvalue weighted by Gasteiger charge is 2.33. The van der Waals surface area contributed by atoms with Crippen LogP contribution in [0.25, 0.3) is 5.57 Å². The number of aliphatic hydroxyl groups excluding tert-OH is 1. The van der Waals surface area contributed by atoms with E-state index in [1.54, 1.807) is 14.2 Å². The van der Waals surface area contributed by atoms with Crippen molar-refractivity contribution in [2.24, 2.45) is 11.8 Å². The summed E-state index contributed by atoms with van der Waals surface area (Å²) in [4.78, 5) is 18.7. The van der Waals surface area contributed by atoms with E-state index in [1.165, 1.54) is 12.8 Å². The normalized spacial score (nSPS) is 21.9. The lowest BCUT2D eigenvalue weighted by Crippen LogP contribution is -2.44. The average Bonchev–Trinajstić information content (AvgIpc) is 2.93. The molecule has 0 aliphatic carbocycles. The highest BCUT2D eigenvalue weighted by Crippen LogP contribution is 2.40. The van der Waals surface area contributed by atoms with Gasteiger partial charge in [0.05, 0.1) is 19.8 Å². The lowest BCUT2D eigenvalue weighted by Gasteiger charge is -2.40. The van der Waals surface area contributed by atoms with E-state index in [0.717, 1.165) is 84.9 Å². The number of likely N-dealkylation sites (tertiary alicyclic amines) is 2. The fourth-order valence-electron chi connectivity index (χ4n) is 6.35. The largest absolute Gasteiger partial charge is 0.496 e. The maximum absolute atomic E-state index is 12.4. The second-order valence-corrected chi connectivity index (χ2v) is 12.7. The minimum absolute atomic E-state index is 0.180. The third kappa shape index (κ3) is 6.77. The number of piperidine rings is 2. The van der Waals surface area contributed by atoms with Gasteiger partial charge in [-0.1, -0.05) is 0 Å². The number of likely N-dealkylation sites (N-methyl/N-ethyl adjacent to an activating group) is 1. The molecule has 0 spiro atoms. The van der Waals surface area contributed by atoms with Gasteiger partial charge in [0.1, 0.15) is 23.3 Å². The number of rotatable bonds is 6. The summed E-state index contributed by atoms with van der Waals surface area (Å²) in [6, 6.07) is 4.19. The fraction of sp³-hybridized carbons (Fsp3) is 0.656. The molecule has 8 heteroatoms. The SMILES string of the molecule is COc1cc(C2=CN(C)C(O)C(C)=C2C)cc(OC)c1CN1CCC(C2CCN(C(=O)OC(C)(C)C)CC2)CC1. The predicted molar refractivity (Wildman–Crippen MR) is 158 cm³/mol. The van der Waals surface area contributed by atoms with Crippen molar-refractivity contribution in [1.29, 1.82) is 0 Å². The molecule has 1 aromatic carbocycles. The summed E-state index contributed by atoms with van der Waals surface area (Å²) >= 11 is 0. The van der Waals surface area contributed by atoms with E-state index in [-0.39, 0.29) is 6.09 Å². The highest BCUT2D eigenvalue weighted by molar-refractivity contribution is 5.82. The molecule has 1 amide bonds. The number of allylic oxidation sites excluding steroid dienone is 2. The predicted octanol–water partition coefficient (Wildman–Crippen LogP) is 5.50. The molecule has 1 atom stereocenters. The molecule has 0 aromatic heterocycles. The number of benzene rings is 1. The molecule has 3 aliphatic rings. The number of methoxy groups -OCH3 is 2. The number of nitrogens with zero attached hydrogens (tertiary/aromatic N) is 3. The molecule has 1 aromatic rings. The second-order valence-electron chi connectivity index (χ2n) is 12.7. The third-order valence-corrected chi connectivity index (χ3v) is 8.89. The van der Waals surface area contributed by atoms with Gasteiger partial charge in [-0.3, -0.25) is 4.90 Å². The Morgan fingerprint density at radius 1 is 0.950 bits per heavy atom. The van der Waals surface area contributed by atoms with Crippen molar-refractivity contribution in [3.05, 3.63) is 40.6 Å². The van der Waals surface area contributed by atoms with E-state index < -0.39 is 11.8 Å². The summed E-state index contributed by atoms with van der Waals surface area (Å²) < 4.78 is 17.4. The van der Waals surface area contributed by atoms with Crippen LogP contribution in [0.2, 0.25) is 0 Å². The number of amides is 1. The molecule has 3 aliphatic heterocycles. The van der Waals surface area contributed by atoms with Gasteiger partial charge in [0, 0.05) is 38.5 Å². The molecule has 222 valence electrons. The molecular weight excluding hydrogens is 506 g/mol. The van der Waals surface area contributed by atoms with Crippen LogP contribution in [-0.4, -0.2) is 85.2 Å². The summed E-state index contributed by atoms with van der Waals surface area (Å²) in [6.07, 6.45) is 5.66. The Morgan fingerprint density at radius 2 is 1.48 bits per heavy atom. The van der Waals surface area contributed by atoms with Gasteiger partial charge in [-0.2, -0.15) is 0 Å². The lowest BCUT2D eigenvalue weighted by molar-refractivity contribution is 0.0134. The van der Waals surface area contributed by atoms with E-state index in [1.807, 2.05) is 50.7 Å². The molecule has 0 bridgehead atoms. The first kappa shape index (κ1) is 30.3. The molecule has 40 heavy (non-hydrogen) atoms. The summed E-state index contributed by atoms with van der Waals surface area (Å²) in [7, 11) is 5.32. The van der Waals surface area contributed by atoms with Gasteiger partial charge < -0.3 is 29.1 Å². The smallest absolute Gasteiger partial charge is 0.410 e. The number of carbonyl (C=O) groups is 1. The van der Waals surface area contributed by atoms with Crippen LogP contribution in [0.1, 0.15) is 71.4 Å². The number of hydrogen-bond donors (Lipinski definition) is 1. The van der Waals surface area contributed by atoms with Crippen LogP contribution < -0.4 is 9.47 Å². The molecule has 1 unspecified atom stereocenters. The zero-order chi connectivity index (χ0) is 29.2. The summed E-state index contributed by atoms with van der Waals surface area (Å²) in [5.41, 5.74) is 4.72. The van der Waals surface area contributed by atoms with Crippen LogP contribution in [0.15, 0.2) is 29.5 Å². The van der Waals surface area contributed by atoms with Crippen LogP contribution in [0.4, 0.5) is 4.79 Å². The monoisotopic (exact) mass is 555 g/mol. The Hall–Kier alpha value is -2.71. The van der Waals surface area contributed by atoms with Gasteiger partial charge in [-0.15, -0.1) is 0 Å². The molecule has 1 N–H and O–H groups in total. The molecular formula is C32H49N3O5. The molecule has 3 heterocycles. The number of carbonyl (C=O) groups excluding carboxylic acids is 1. The fourth-order valence-corrected chi connectivity index (χ4v) is 6.35. The van der Waals surface area contributed by atoms with Gasteiger partial charge in [-0.25, -0.2) is 4.79 Å². The highest BCUT2D eigenvalue weighted by atomic mass is 16.6. The van der Waals surface area contributed by atoms with Gasteiger partial charge >= 0.3 is 6.09 Å². The second kappa shape index (κ2) is 12.4. The van der Waals surface area contributed by atoms with Crippen molar-refractivity contribution in [3.63, 3.8) is 0 Å². The number of ether oxygens (including phenoxy) is 3. The zero-order valence-electron chi connectivity index (χ0n) is 25.7. The van der Waals surface area contributed by atoms with Crippen LogP contribution in [0.3, 0.4) is 0 Å². The standard InChI is InChI=1S/C32H49N3O5/c1-21-22(2)30(36)33(6)19-26(21)25-17-28(38-7)27(29(18-25)39-8)20-34-13-9-23(10-14-34)24-11-15-35(16-12-24)31(37)40-32(3,4)5/h17-19,23-24,30,36H,9-16,20H2,1-8H3. The summed E-state index contributed by atoms with van der Waals surface area (Å²) in [6.45, 7) is 14.2. The van der Waals surface area contributed by atoms with E-state index in [4.69, 9.17) is 14.2 Å². The Balaban J connectivity index is 1.38. The Labute approximate surface area is 240 Å². The van der Waals surface area contributed by atoms with Crippen molar-refractivity contribution in [3.8, 4) is 11.5 Å². The first-order chi connectivity index (χ1) is 18.9. The van der Waals surface area contributed by atoms with Crippen molar-refractivity contribution in [1.82, 2.24) is 14.7 Å². The van der Waals surface area contributed by atoms with Crippen LogP contribution in [-0.2, 0) is 11.3 Å². The first-order valence-corrected chi connectivity index (χ1v) is 14.7. The first-order valence-electron chi connectivity index (χ1n) is 14.7. The summed E-state index contributed by atoms with van der Waals surface area (Å²) in [5.74, 6) is 3.02. The van der Waals surface area contributed by atoms with Crippen molar-refractivity contribution >= 4 is 11.7 Å². The quantitative estimate of drug-likeness (QED) is 0.497. The number of aliphatic hydroxyl groups is 1. The summed E-state index contributed by atoms with van der Waals surface area (Å²) in [5, 5.41) is 10.4. The Kier molecular flexibility index (Phi) is 9.40. The van der Waals surface area contributed by atoms with Crippen molar-refractivity contribution in [2.45, 2.75) is 78.7 Å². The molecule has 2 saturated heterocycles. The zero-order valence-corrected chi connectivity index (χ0v) is 25.7. The minimum atomic E-state index is -0.604. The Bertz CT molecular complexity index is 1100. The van der Waals surface area contributed by atoms with Crippen molar-refractivity contribution < 1.29 is 24.1 Å². The Morgan fingerprint density at radius 3 is 1.98 bits per heavy atom. The van der Waals surface area contributed by atoms with Gasteiger partial charge in [0.25, 0.3) is 0 Å². The van der Waals surface area contributed by atoms with Crippen LogP contribution in [0.5, 0.6) is 11.5 Å². The van der Waals surface area contributed by atoms with Gasteiger partial charge in [0.15, 0.2) is 0 Å². The van der Waals surface area contributed by atoms with Gasteiger partial charge in [0.2, 0.25) is 0 Å². The molecule has 8 nitrogen and oxygen atoms in total. The average molecular weight is 556 g/mol. The van der Waals surface area contributed by atoms with E-state index >= 15 is 0 Å². The topological polar surface area (TPSA) is 74.7 Å². The van der Waals surface area contributed by atoms with E-state index in [9.17, 15) is 9.90 Å². The lowest BCUT2D eigenvalue weighted by atomic mass is 9.79. The van der Waals surface area contributed by atoms with E-state index in [2.05, 4.69) is 24.0 Å². The third-order valence-electron chi connectivity index (χ3n) is 8.89. The van der Waals surface area contributed by atoms with Crippen LogP contribution >= 0.6 is 0 Å². The van der Waals surface area contributed by atoms with Crippen molar-refractivity contribution in [2.75, 3.05) is 47.4 Å². The van der Waals surface area contributed by atoms with Gasteiger partial charge in [-0.05, 0) is 114 Å². The molecule has 0 radical (unpaired) electrons. The van der Waals surface area contributed by atoms with E-state index in [0.29, 0.717) is 11.8 Å². The molecule has 0 saturated carbocycles.